The van der Waals surface area contributed by atoms with E-state index in [-0.39, 0.29) is 24.7 Å². The third kappa shape index (κ3) is 5.79. The molecular formula is C21H28F4N2O4S. The molecule has 0 spiro atoms. The minimum atomic E-state index is -4.83. The number of hydrogen-bond donors (Lipinski definition) is 1. The highest BCUT2D eigenvalue weighted by molar-refractivity contribution is 7.76. The lowest BCUT2D eigenvalue weighted by atomic mass is 9.93. The summed E-state index contributed by atoms with van der Waals surface area (Å²) in [5.41, 5.74) is -2.50. The Morgan fingerprint density at radius 3 is 2.50 bits per heavy atom. The summed E-state index contributed by atoms with van der Waals surface area (Å²) in [5.74, 6) is -1.35. The van der Waals surface area contributed by atoms with Crippen molar-refractivity contribution in [2.24, 2.45) is 0 Å². The molecule has 1 amide bonds. The molecule has 1 aliphatic heterocycles. The number of ether oxygens (including phenoxy) is 1. The van der Waals surface area contributed by atoms with E-state index in [1.165, 1.54) is 15.3 Å². The number of amides is 1. The standard InChI is InChI=1S/C21H28F4N2O4S/c1-19(2,3)31-18(28)27-10-4-5-15(27)12-26(32(29)30)13-20(8-9-20)14-6-7-17(22)16(11-14)21(23,24)25/h6-7,11,15H,4-5,8-10,12-13H2,1-3H3,(H,29,30)/t15-/m0/s1. The summed E-state index contributed by atoms with van der Waals surface area (Å²) in [4.78, 5) is 14.0. The number of halogens is 4. The second-order valence-corrected chi connectivity index (χ2v) is 10.5. The van der Waals surface area contributed by atoms with Crippen LogP contribution in [0.4, 0.5) is 22.4 Å². The van der Waals surface area contributed by atoms with E-state index >= 15 is 0 Å². The summed E-state index contributed by atoms with van der Waals surface area (Å²) in [6.07, 6.45) is -2.96. The van der Waals surface area contributed by atoms with Crippen LogP contribution in [0.25, 0.3) is 0 Å². The predicted octanol–water partition coefficient (Wildman–Crippen LogP) is 4.71. The van der Waals surface area contributed by atoms with Gasteiger partial charge in [0, 0.05) is 31.1 Å². The van der Waals surface area contributed by atoms with Crippen LogP contribution in [-0.2, 0) is 27.6 Å². The zero-order chi connectivity index (χ0) is 23.9. The fourth-order valence-electron chi connectivity index (χ4n) is 4.10. The number of likely N-dealkylation sites (tertiary alicyclic amines) is 1. The lowest BCUT2D eigenvalue weighted by Gasteiger charge is -2.32. The van der Waals surface area contributed by atoms with Crippen molar-refractivity contribution in [2.45, 2.75) is 69.7 Å². The van der Waals surface area contributed by atoms with Crippen molar-refractivity contribution in [3.8, 4) is 0 Å². The highest BCUT2D eigenvalue weighted by Gasteiger charge is 2.48. The molecule has 0 aromatic heterocycles. The van der Waals surface area contributed by atoms with Gasteiger partial charge in [-0.05, 0) is 64.2 Å². The summed E-state index contributed by atoms with van der Waals surface area (Å²) < 4.78 is 81.8. The molecule has 1 aliphatic carbocycles. The SMILES string of the molecule is CC(C)(C)OC(=O)N1CCC[C@H]1CN(CC1(c2ccc(F)c(C(F)(F)F)c2)CC1)S(=O)O. The van der Waals surface area contributed by atoms with Gasteiger partial charge in [0.25, 0.3) is 0 Å². The number of carbonyl (C=O) groups is 1. The Labute approximate surface area is 187 Å². The van der Waals surface area contributed by atoms with Crippen molar-refractivity contribution in [2.75, 3.05) is 19.6 Å². The van der Waals surface area contributed by atoms with Gasteiger partial charge >= 0.3 is 12.3 Å². The van der Waals surface area contributed by atoms with E-state index in [2.05, 4.69) is 0 Å². The average Bonchev–Trinajstić information content (AvgIpc) is 3.27. The van der Waals surface area contributed by atoms with Crippen LogP contribution >= 0.6 is 0 Å². The van der Waals surface area contributed by atoms with E-state index in [1.54, 1.807) is 20.8 Å². The number of benzene rings is 1. The molecule has 2 atom stereocenters. The Bertz CT molecular complexity index is 884. The average molecular weight is 481 g/mol. The van der Waals surface area contributed by atoms with E-state index in [4.69, 9.17) is 4.74 Å². The molecule has 6 nitrogen and oxygen atoms in total. The molecule has 0 bridgehead atoms. The minimum absolute atomic E-state index is 0.0255. The first-order valence-corrected chi connectivity index (χ1v) is 11.5. The van der Waals surface area contributed by atoms with Gasteiger partial charge in [0.05, 0.1) is 5.56 Å². The Hall–Kier alpha value is -1.72. The third-order valence-corrected chi connectivity index (χ3v) is 6.58. The van der Waals surface area contributed by atoms with E-state index in [1.807, 2.05) is 0 Å². The molecule has 2 fully saturated rings. The quantitative estimate of drug-likeness (QED) is 0.473. The number of nitrogens with zero attached hydrogens (tertiary/aromatic N) is 2. The van der Waals surface area contributed by atoms with Crippen molar-refractivity contribution in [1.82, 2.24) is 9.21 Å². The Morgan fingerprint density at radius 2 is 1.97 bits per heavy atom. The second kappa shape index (κ2) is 8.90. The molecule has 2 aliphatic rings. The molecule has 1 heterocycles. The van der Waals surface area contributed by atoms with E-state index in [9.17, 15) is 31.1 Å². The Morgan fingerprint density at radius 1 is 1.31 bits per heavy atom. The first-order chi connectivity index (χ1) is 14.7. The molecule has 3 rings (SSSR count). The molecule has 1 saturated carbocycles. The van der Waals surface area contributed by atoms with Crippen molar-refractivity contribution in [3.05, 3.63) is 35.1 Å². The molecule has 1 aromatic carbocycles. The minimum Gasteiger partial charge on any atom is -0.444 e. The number of hydrogen-bond acceptors (Lipinski definition) is 3. The zero-order valence-electron chi connectivity index (χ0n) is 18.2. The lowest BCUT2D eigenvalue weighted by molar-refractivity contribution is -0.140. The van der Waals surface area contributed by atoms with Gasteiger partial charge in [-0.25, -0.2) is 13.4 Å². The van der Waals surface area contributed by atoms with Crippen LogP contribution in [0.1, 0.15) is 57.6 Å². The normalized spacial score (nSPS) is 21.7. The summed E-state index contributed by atoms with van der Waals surface area (Å²) in [7, 11) is 0. The molecule has 1 N–H and O–H groups in total. The highest BCUT2D eigenvalue weighted by atomic mass is 32.2. The summed E-state index contributed by atoms with van der Waals surface area (Å²) >= 11 is -2.40. The molecular weight excluding hydrogens is 452 g/mol. The summed E-state index contributed by atoms with van der Waals surface area (Å²) in [6, 6.07) is 2.54. The maximum absolute atomic E-state index is 13.7. The fourth-order valence-corrected chi connectivity index (χ4v) is 4.76. The van der Waals surface area contributed by atoms with Gasteiger partial charge in [-0.3, -0.25) is 4.55 Å². The van der Waals surface area contributed by atoms with Crippen molar-refractivity contribution in [1.29, 1.82) is 0 Å². The third-order valence-electron chi connectivity index (χ3n) is 5.86. The highest BCUT2D eigenvalue weighted by Crippen LogP contribution is 2.50. The van der Waals surface area contributed by atoms with Crippen LogP contribution < -0.4 is 0 Å². The molecule has 180 valence electrons. The second-order valence-electron chi connectivity index (χ2n) is 9.50. The topological polar surface area (TPSA) is 70.1 Å². The first-order valence-electron chi connectivity index (χ1n) is 10.4. The van der Waals surface area contributed by atoms with Crippen LogP contribution in [0, 0.1) is 5.82 Å². The van der Waals surface area contributed by atoms with Gasteiger partial charge in [0.15, 0.2) is 0 Å². The van der Waals surface area contributed by atoms with Crippen molar-refractivity contribution >= 4 is 17.4 Å². The molecule has 1 unspecified atom stereocenters. The first kappa shape index (κ1) is 24.9. The molecule has 0 radical (unpaired) electrons. The van der Waals surface area contributed by atoms with Gasteiger partial charge in [0.1, 0.15) is 11.4 Å². The predicted molar refractivity (Wildman–Crippen MR) is 111 cm³/mol. The van der Waals surface area contributed by atoms with E-state index in [0.29, 0.717) is 32.2 Å². The van der Waals surface area contributed by atoms with Crippen LogP contribution in [0.15, 0.2) is 18.2 Å². The zero-order valence-corrected chi connectivity index (χ0v) is 19.1. The summed E-state index contributed by atoms with van der Waals surface area (Å²) in [6.45, 7) is 5.82. The van der Waals surface area contributed by atoms with Gasteiger partial charge in [-0.2, -0.15) is 17.5 Å². The van der Waals surface area contributed by atoms with Gasteiger partial charge in [-0.1, -0.05) is 6.07 Å². The molecule has 32 heavy (non-hydrogen) atoms. The van der Waals surface area contributed by atoms with Crippen LogP contribution in [0.5, 0.6) is 0 Å². The Balaban J connectivity index is 1.76. The van der Waals surface area contributed by atoms with Gasteiger partial charge in [0.2, 0.25) is 11.3 Å². The van der Waals surface area contributed by atoms with Crippen LogP contribution in [0.2, 0.25) is 0 Å². The largest absolute Gasteiger partial charge is 0.444 e. The molecule has 1 saturated heterocycles. The van der Waals surface area contributed by atoms with Crippen molar-refractivity contribution < 1.29 is 35.9 Å². The molecule has 11 heteroatoms. The van der Waals surface area contributed by atoms with Crippen LogP contribution in [-0.4, -0.2) is 55.3 Å². The fraction of sp³-hybridized carbons (Fsp3) is 0.667. The van der Waals surface area contributed by atoms with Gasteiger partial charge in [-0.15, -0.1) is 0 Å². The maximum atomic E-state index is 13.7. The lowest BCUT2D eigenvalue weighted by Crippen LogP contribution is -2.47. The summed E-state index contributed by atoms with van der Waals surface area (Å²) in [5, 5.41) is 0. The Kier molecular flexibility index (Phi) is 6.93. The van der Waals surface area contributed by atoms with Gasteiger partial charge < -0.3 is 9.64 Å². The van der Waals surface area contributed by atoms with Crippen molar-refractivity contribution in [3.63, 3.8) is 0 Å². The van der Waals surface area contributed by atoms with E-state index in [0.717, 1.165) is 12.1 Å². The maximum Gasteiger partial charge on any atom is 0.419 e. The van der Waals surface area contributed by atoms with Crippen LogP contribution in [0.3, 0.4) is 0 Å². The monoisotopic (exact) mass is 480 g/mol. The smallest absolute Gasteiger partial charge is 0.419 e. The molecule has 1 aromatic rings. The number of alkyl halides is 3. The van der Waals surface area contributed by atoms with E-state index < -0.39 is 45.9 Å². The number of rotatable bonds is 6. The number of carbonyl (C=O) groups excluding carboxylic acids is 1.